The average molecular weight is 374 g/mol. The van der Waals surface area contributed by atoms with Gasteiger partial charge in [-0.15, -0.1) is 0 Å². The van der Waals surface area contributed by atoms with Crippen molar-refractivity contribution in [2.45, 2.75) is 18.7 Å². The van der Waals surface area contributed by atoms with E-state index < -0.39 is 10.0 Å². The van der Waals surface area contributed by atoms with Crippen LogP contribution in [0.25, 0.3) is 6.08 Å². The lowest BCUT2D eigenvalue weighted by Gasteiger charge is -2.33. The molecule has 138 valence electrons. The number of piperazine rings is 1. The maximum absolute atomic E-state index is 12.9. The van der Waals surface area contributed by atoms with Crippen molar-refractivity contribution < 1.29 is 17.6 Å². The van der Waals surface area contributed by atoms with E-state index in [4.69, 9.17) is 4.42 Å². The van der Waals surface area contributed by atoms with Crippen LogP contribution in [-0.4, -0.2) is 49.7 Å². The first-order valence-corrected chi connectivity index (χ1v) is 9.90. The minimum Gasteiger partial charge on any atom is -0.465 e. The van der Waals surface area contributed by atoms with Gasteiger partial charge in [0.15, 0.2) is 0 Å². The van der Waals surface area contributed by atoms with Gasteiger partial charge in [0.2, 0.25) is 15.9 Å². The molecular weight excluding hydrogens is 352 g/mol. The summed E-state index contributed by atoms with van der Waals surface area (Å²) in [5.74, 6) is 0.458. The number of furan rings is 1. The minimum atomic E-state index is -3.55. The quantitative estimate of drug-likeness (QED) is 0.771. The molecule has 1 amide bonds. The number of rotatable bonds is 4. The van der Waals surface area contributed by atoms with Crippen LogP contribution in [0, 0.1) is 13.8 Å². The summed E-state index contributed by atoms with van der Waals surface area (Å²) in [6, 6.07) is 8.94. The Balaban J connectivity index is 1.66. The van der Waals surface area contributed by atoms with E-state index in [1.807, 2.05) is 19.1 Å². The topological polar surface area (TPSA) is 70.8 Å². The van der Waals surface area contributed by atoms with Crippen LogP contribution in [0.2, 0.25) is 0 Å². The third-order valence-electron chi connectivity index (χ3n) is 4.45. The molecule has 1 aliphatic heterocycles. The van der Waals surface area contributed by atoms with E-state index in [0.717, 1.165) is 11.1 Å². The molecule has 0 unspecified atom stereocenters. The summed E-state index contributed by atoms with van der Waals surface area (Å²) in [7, 11) is -3.55. The van der Waals surface area contributed by atoms with Crippen molar-refractivity contribution in [2.75, 3.05) is 26.2 Å². The van der Waals surface area contributed by atoms with Crippen molar-refractivity contribution in [3.05, 3.63) is 59.6 Å². The monoisotopic (exact) mass is 374 g/mol. The van der Waals surface area contributed by atoms with E-state index in [0.29, 0.717) is 23.7 Å². The highest BCUT2D eigenvalue weighted by Crippen LogP contribution is 2.22. The lowest BCUT2D eigenvalue weighted by molar-refractivity contribution is -0.127. The van der Waals surface area contributed by atoms with E-state index in [2.05, 4.69) is 0 Å². The Morgan fingerprint density at radius 1 is 1.12 bits per heavy atom. The number of hydrogen-bond acceptors (Lipinski definition) is 4. The van der Waals surface area contributed by atoms with Crippen LogP contribution >= 0.6 is 0 Å². The fraction of sp³-hybridized carbons (Fsp3) is 0.316. The molecule has 2 aromatic rings. The molecule has 0 atom stereocenters. The van der Waals surface area contributed by atoms with Crippen molar-refractivity contribution >= 4 is 22.0 Å². The summed E-state index contributed by atoms with van der Waals surface area (Å²) < 4.78 is 32.4. The number of hydrogen-bond donors (Lipinski definition) is 0. The molecule has 0 radical (unpaired) electrons. The lowest BCUT2D eigenvalue weighted by atomic mass is 10.2. The third-order valence-corrected chi connectivity index (χ3v) is 6.49. The molecule has 1 fully saturated rings. The first-order chi connectivity index (χ1) is 12.4. The molecule has 0 aliphatic carbocycles. The van der Waals surface area contributed by atoms with Crippen LogP contribution in [0.15, 0.2) is 52.0 Å². The van der Waals surface area contributed by atoms with E-state index in [1.165, 1.54) is 10.4 Å². The maximum Gasteiger partial charge on any atom is 0.246 e. The number of carbonyl (C=O) groups excluding carboxylic acids is 1. The summed E-state index contributed by atoms with van der Waals surface area (Å²) in [6.45, 7) is 4.98. The number of sulfonamides is 1. The van der Waals surface area contributed by atoms with Crippen LogP contribution in [-0.2, 0) is 14.8 Å². The standard InChI is InChI=1S/C19H22N2O4S/c1-15-5-6-16(2)18(14-15)26(23,24)21-11-9-20(10-12-21)19(22)8-7-17-4-3-13-25-17/h3-8,13-14H,9-12H2,1-2H3/b8-7+. The zero-order valence-corrected chi connectivity index (χ0v) is 15.7. The largest absolute Gasteiger partial charge is 0.465 e. The number of benzene rings is 1. The van der Waals surface area contributed by atoms with Gasteiger partial charge in [-0.3, -0.25) is 4.79 Å². The van der Waals surface area contributed by atoms with Gasteiger partial charge in [-0.1, -0.05) is 12.1 Å². The normalized spacial score (nSPS) is 16.3. The number of amides is 1. The second kappa shape index (κ2) is 7.47. The van der Waals surface area contributed by atoms with Gasteiger partial charge in [0.1, 0.15) is 5.76 Å². The second-order valence-electron chi connectivity index (χ2n) is 6.35. The Morgan fingerprint density at radius 2 is 1.85 bits per heavy atom. The third kappa shape index (κ3) is 3.89. The second-order valence-corrected chi connectivity index (χ2v) is 8.25. The van der Waals surface area contributed by atoms with Gasteiger partial charge in [0.05, 0.1) is 11.2 Å². The van der Waals surface area contributed by atoms with Crippen molar-refractivity contribution in [1.29, 1.82) is 0 Å². The molecule has 1 aromatic carbocycles. The first kappa shape index (κ1) is 18.4. The summed E-state index contributed by atoms with van der Waals surface area (Å²) in [5, 5.41) is 0. The molecule has 3 rings (SSSR count). The van der Waals surface area contributed by atoms with Crippen LogP contribution in [0.3, 0.4) is 0 Å². The van der Waals surface area contributed by atoms with E-state index in [-0.39, 0.29) is 19.0 Å². The van der Waals surface area contributed by atoms with Gasteiger partial charge in [-0.2, -0.15) is 4.31 Å². The first-order valence-electron chi connectivity index (χ1n) is 8.46. The lowest BCUT2D eigenvalue weighted by Crippen LogP contribution is -2.50. The summed E-state index contributed by atoms with van der Waals surface area (Å²) in [5.41, 5.74) is 1.64. The average Bonchev–Trinajstić information content (AvgIpc) is 3.15. The van der Waals surface area contributed by atoms with Crippen molar-refractivity contribution in [2.24, 2.45) is 0 Å². The number of carbonyl (C=O) groups is 1. The molecule has 0 N–H and O–H groups in total. The molecule has 6 nitrogen and oxygen atoms in total. The Kier molecular flexibility index (Phi) is 5.29. The predicted molar refractivity (Wildman–Crippen MR) is 99.0 cm³/mol. The predicted octanol–water partition coefficient (Wildman–Crippen LogP) is 2.44. The Morgan fingerprint density at radius 3 is 2.50 bits per heavy atom. The molecule has 7 heteroatoms. The fourth-order valence-corrected chi connectivity index (χ4v) is 4.65. The van der Waals surface area contributed by atoms with E-state index >= 15 is 0 Å². The smallest absolute Gasteiger partial charge is 0.246 e. The van der Waals surface area contributed by atoms with Gasteiger partial charge < -0.3 is 9.32 Å². The summed E-state index contributed by atoms with van der Waals surface area (Å²) in [6.07, 6.45) is 4.61. The van der Waals surface area contributed by atoms with Gasteiger partial charge >= 0.3 is 0 Å². The molecule has 0 spiro atoms. The highest BCUT2D eigenvalue weighted by Gasteiger charge is 2.30. The molecule has 0 bridgehead atoms. The zero-order valence-electron chi connectivity index (χ0n) is 14.9. The minimum absolute atomic E-state index is 0.148. The molecule has 1 aromatic heterocycles. The van der Waals surface area contributed by atoms with Crippen LogP contribution < -0.4 is 0 Å². The summed E-state index contributed by atoms with van der Waals surface area (Å²) in [4.78, 5) is 14.2. The summed E-state index contributed by atoms with van der Waals surface area (Å²) >= 11 is 0. The molecule has 26 heavy (non-hydrogen) atoms. The van der Waals surface area contributed by atoms with Crippen LogP contribution in [0.1, 0.15) is 16.9 Å². The zero-order chi connectivity index (χ0) is 18.7. The molecule has 0 saturated carbocycles. The highest BCUT2D eigenvalue weighted by molar-refractivity contribution is 7.89. The van der Waals surface area contributed by atoms with Crippen molar-refractivity contribution in [1.82, 2.24) is 9.21 Å². The number of nitrogens with zero attached hydrogens (tertiary/aromatic N) is 2. The Labute approximate surface area is 153 Å². The highest BCUT2D eigenvalue weighted by atomic mass is 32.2. The van der Waals surface area contributed by atoms with Gasteiger partial charge in [0.25, 0.3) is 0 Å². The Hall–Kier alpha value is -2.38. The van der Waals surface area contributed by atoms with Gasteiger partial charge in [-0.25, -0.2) is 8.42 Å². The van der Waals surface area contributed by atoms with Crippen LogP contribution in [0.5, 0.6) is 0 Å². The SMILES string of the molecule is Cc1ccc(C)c(S(=O)(=O)N2CCN(C(=O)/C=C/c3ccco3)CC2)c1. The molecular formula is C19H22N2O4S. The fourth-order valence-electron chi connectivity index (χ4n) is 2.92. The maximum atomic E-state index is 12.9. The van der Waals surface area contributed by atoms with Crippen LogP contribution in [0.4, 0.5) is 0 Å². The molecule has 2 heterocycles. The van der Waals surface area contributed by atoms with Crippen molar-refractivity contribution in [3.8, 4) is 0 Å². The van der Waals surface area contributed by atoms with E-state index in [1.54, 1.807) is 42.4 Å². The van der Waals surface area contributed by atoms with Gasteiger partial charge in [-0.05, 0) is 49.2 Å². The molecule has 1 aliphatic rings. The van der Waals surface area contributed by atoms with Crippen molar-refractivity contribution in [3.63, 3.8) is 0 Å². The molecule has 1 saturated heterocycles. The Bertz CT molecular complexity index is 909. The number of aryl methyl sites for hydroxylation is 2. The van der Waals surface area contributed by atoms with E-state index in [9.17, 15) is 13.2 Å². The van der Waals surface area contributed by atoms with Gasteiger partial charge in [0, 0.05) is 32.3 Å².